The first-order valence-corrected chi connectivity index (χ1v) is 9.57. The lowest BCUT2D eigenvalue weighted by molar-refractivity contribution is 0.419. The molecular formula is C16H23N5O2S. The second kappa shape index (κ2) is 6.92. The molecule has 1 saturated heterocycles. The number of nitrogens with one attached hydrogen (secondary N) is 1. The van der Waals surface area contributed by atoms with Gasteiger partial charge in [-0.1, -0.05) is 18.2 Å². The van der Waals surface area contributed by atoms with Crippen molar-refractivity contribution in [2.24, 2.45) is 12.2 Å². The van der Waals surface area contributed by atoms with E-state index in [0.717, 1.165) is 25.9 Å². The molecule has 1 unspecified atom stereocenters. The van der Waals surface area contributed by atoms with Crippen molar-refractivity contribution in [3.05, 3.63) is 42.1 Å². The lowest BCUT2D eigenvalue weighted by atomic mass is 10.0. The van der Waals surface area contributed by atoms with E-state index in [1.54, 1.807) is 13.2 Å². The maximum absolute atomic E-state index is 11.7. The van der Waals surface area contributed by atoms with Crippen LogP contribution in [0.15, 0.2) is 41.6 Å². The third-order valence-corrected chi connectivity index (χ3v) is 5.41. The van der Waals surface area contributed by atoms with Gasteiger partial charge in [0, 0.05) is 44.0 Å². The van der Waals surface area contributed by atoms with Gasteiger partial charge in [0.1, 0.15) is 0 Å². The van der Waals surface area contributed by atoms with Crippen LogP contribution in [-0.4, -0.2) is 37.3 Å². The Morgan fingerprint density at radius 2 is 2.08 bits per heavy atom. The first-order valence-electron chi connectivity index (χ1n) is 8.02. The van der Waals surface area contributed by atoms with Crippen LogP contribution in [0.5, 0.6) is 0 Å². The lowest BCUT2D eigenvalue weighted by Crippen LogP contribution is -2.45. The molecule has 1 aliphatic rings. The highest BCUT2D eigenvalue weighted by Crippen LogP contribution is 2.20. The molecule has 1 atom stereocenters. The summed E-state index contributed by atoms with van der Waals surface area (Å²) in [5.41, 5.74) is 1.83. The number of nitrogens with zero attached hydrogens (tertiary/aromatic N) is 3. The maximum Gasteiger partial charge on any atom is 0.255 e. The molecular weight excluding hydrogens is 326 g/mol. The molecule has 2 heterocycles. The van der Waals surface area contributed by atoms with E-state index in [2.05, 4.69) is 27.4 Å². The van der Waals surface area contributed by atoms with E-state index in [9.17, 15) is 8.42 Å². The average Bonchev–Trinajstić information content (AvgIpc) is 2.95. The predicted molar refractivity (Wildman–Crippen MR) is 93.1 cm³/mol. The van der Waals surface area contributed by atoms with Gasteiger partial charge in [0.05, 0.1) is 6.20 Å². The summed E-state index contributed by atoms with van der Waals surface area (Å²) in [5.74, 6) is 0. The highest BCUT2D eigenvalue weighted by molar-refractivity contribution is 7.89. The molecule has 3 rings (SSSR count). The first-order chi connectivity index (χ1) is 11.4. The molecule has 7 nitrogen and oxygen atoms in total. The molecule has 130 valence electrons. The van der Waals surface area contributed by atoms with Crippen molar-refractivity contribution in [2.45, 2.75) is 30.5 Å². The Labute approximate surface area is 142 Å². The topological polar surface area (TPSA) is 93.2 Å². The Morgan fingerprint density at radius 1 is 1.33 bits per heavy atom. The van der Waals surface area contributed by atoms with Gasteiger partial charge < -0.3 is 10.2 Å². The van der Waals surface area contributed by atoms with E-state index in [-0.39, 0.29) is 5.03 Å². The number of hydrogen-bond donors (Lipinski definition) is 2. The minimum absolute atomic E-state index is 0.0747. The van der Waals surface area contributed by atoms with Gasteiger partial charge in [0.2, 0.25) is 0 Å². The minimum Gasteiger partial charge on any atom is -0.370 e. The number of rotatable bonds is 5. The van der Waals surface area contributed by atoms with Gasteiger partial charge in [0.25, 0.3) is 10.0 Å². The molecule has 8 heteroatoms. The Morgan fingerprint density at radius 3 is 2.79 bits per heavy atom. The van der Waals surface area contributed by atoms with E-state index in [1.165, 1.54) is 10.4 Å². The number of benzene rings is 1. The minimum atomic E-state index is -3.78. The van der Waals surface area contributed by atoms with E-state index < -0.39 is 10.0 Å². The zero-order chi connectivity index (χ0) is 17.2. The molecule has 24 heavy (non-hydrogen) atoms. The van der Waals surface area contributed by atoms with Crippen molar-refractivity contribution in [2.75, 3.05) is 18.0 Å². The summed E-state index contributed by atoms with van der Waals surface area (Å²) in [6.45, 7) is 2.37. The van der Waals surface area contributed by atoms with Gasteiger partial charge in [0.15, 0.2) is 5.03 Å². The smallest absolute Gasteiger partial charge is 0.255 e. The normalized spacial score (nSPS) is 18.8. The van der Waals surface area contributed by atoms with Crippen LogP contribution >= 0.6 is 0 Å². The van der Waals surface area contributed by atoms with E-state index >= 15 is 0 Å². The number of primary sulfonamides is 1. The van der Waals surface area contributed by atoms with Crippen LogP contribution in [0.4, 0.5) is 5.69 Å². The Kier molecular flexibility index (Phi) is 4.88. The van der Waals surface area contributed by atoms with Crippen LogP contribution < -0.4 is 15.4 Å². The van der Waals surface area contributed by atoms with Crippen molar-refractivity contribution in [3.8, 4) is 0 Å². The van der Waals surface area contributed by atoms with Gasteiger partial charge in [-0.2, -0.15) is 5.10 Å². The van der Waals surface area contributed by atoms with Crippen LogP contribution in [0.2, 0.25) is 0 Å². The third kappa shape index (κ3) is 3.77. The number of nitrogens with two attached hydrogens (primary N) is 1. The van der Waals surface area contributed by atoms with Crippen molar-refractivity contribution in [3.63, 3.8) is 0 Å². The van der Waals surface area contributed by atoms with Gasteiger partial charge in [-0.25, -0.2) is 13.6 Å². The molecule has 2 aromatic rings. The van der Waals surface area contributed by atoms with Crippen molar-refractivity contribution >= 4 is 15.7 Å². The van der Waals surface area contributed by atoms with Crippen LogP contribution in [0, 0.1) is 0 Å². The van der Waals surface area contributed by atoms with Crippen molar-refractivity contribution in [1.82, 2.24) is 15.1 Å². The number of anilines is 1. The van der Waals surface area contributed by atoms with Crippen LogP contribution in [0.1, 0.15) is 18.4 Å². The second-order valence-electron chi connectivity index (χ2n) is 6.15. The standard InChI is InChI=1S/C16H23N5O2S/c1-20-16(24(17,22)23)13(11-19-20)10-18-14-6-5-9-21(12-14)15-7-3-2-4-8-15/h2-4,7-8,11,14,18H,5-6,9-10,12H2,1H3,(H2,17,22,23). The summed E-state index contributed by atoms with van der Waals surface area (Å²) in [6.07, 6.45) is 3.72. The summed E-state index contributed by atoms with van der Waals surface area (Å²) in [7, 11) is -2.19. The number of aromatic nitrogens is 2. The molecule has 0 aliphatic carbocycles. The zero-order valence-electron chi connectivity index (χ0n) is 13.7. The fourth-order valence-electron chi connectivity index (χ4n) is 3.23. The Hall–Kier alpha value is -1.90. The predicted octanol–water partition coefficient (Wildman–Crippen LogP) is 0.826. The molecule has 1 aromatic carbocycles. The monoisotopic (exact) mass is 349 g/mol. The first kappa shape index (κ1) is 16.9. The quantitative estimate of drug-likeness (QED) is 0.834. The van der Waals surface area contributed by atoms with E-state index in [1.807, 2.05) is 18.2 Å². The van der Waals surface area contributed by atoms with Crippen LogP contribution in [0.3, 0.4) is 0 Å². The summed E-state index contributed by atoms with van der Waals surface area (Å²) >= 11 is 0. The Bertz CT molecular complexity index is 788. The third-order valence-electron chi connectivity index (χ3n) is 4.35. The number of piperidine rings is 1. The second-order valence-corrected chi connectivity index (χ2v) is 7.62. The van der Waals surface area contributed by atoms with Crippen LogP contribution in [0.25, 0.3) is 0 Å². The van der Waals surface area contributed by atoms with Crippen molar-refractivity contribution < 1.29 is 8.42 Å². The summed E-state index contributed by atoms with van der Waals surface area (Å²) in [6, 6.07) is 10.6. The Balaban J connectivity index is 1.65. The molecule has 0 radical (unpaired) electrons. The van der Waals surface area contributed by atoms with E-state index in [0.29, 0.717) is 18.2 Å². The number of hydrogen-bond acceptors (Lipinski definition) is 5. The molecule has 1 fully saturated rings. The number of para-hydroxylation sites is 1. The van der Waals surface area contributed by atoms with Crippen LogP contribution in [-0.2, 0) is 23.6 Å². The number of aryl methyl sites for hydroxylation is 1. The zero-order valence-corrected chi connectivity index (χ0v) is 14.5. The van der Waals surface area contributed by atoms with Gasteiger partial charge in [-0.15, -0.1) is 0 Å². The largest absolute Gasteiger partial charge is 0.370 e. The molecule has 0 spiro atoms. The summed E-state index contributed by atoms with van der Waals surface area (Å²) in [5, 5.41) is 12.8. The summed E-state index contributed by atoms with van der Waals surface area (Å²) in [4.78, 5) is 2.35. The molecule has 1 aromatic heterocycles. The lowest BCUT2D eigenvalue weighted by Gasteiger charge is -2.35. The van der Waals surface area contributed by atoms with Gasteiger partial charge in [-0.05, 0) is 25.0 Å². The number of sulfonamides is 1. The molecule has 0 amide bonds. The fourth-order valence-corrected chi connectivity index (χ4v) is 4.14. The molecule has 1 aliphatic heterocycles. The van der Waals surface area contributed by atoms with Gasteiger partial charge in [-0.3, -0.25) is 4.68 Å². The average molecular weight is 349 g/mol. The fraction of sp³-hybridized carbons (Fsp3) is 0.438. The SMILES string of the molecule is Cn1ncc(CNC2CCCN(c3ccccc3)C2)c1S(N)(=O)=O. The van der Waals surface area contributed by atoms with Gasteiger partial charge >= 0.3 is 0 Å². The van der Waals surface area contributed by atoms with E-state index in [4.69, 9.17) is 5.14 Å². The summed E-state index contributed by atoms with van der Waals surface area (Å²) < 4.78 is 24.7. The maximum atomic E-state index is 11.7. The molecule has 0 bridgehead atoms. The molecule has 3 N–H and O–H groups in total. The van der Waals surface area contributed by atoms with Crippen molar-refractivity contribution in [1.29, 1.82) is 0 Å². The molecule has 0 saturated carbocycles. The highest BCUT2D eigenvalue weighted by Gasteiger charge is 2.23. The highest BCUT2D eigenvalue weighted by atomic mass is 32.2.